The number of hydrogen-bond acceptors (Lipinski definition) is 4. The number of fused-ring (bicyclic) bond motifs is 1. The van der Waals surface area contributed by atoms with E-state index in [0.717, 1.165) is 37.3 Å². The summed E-state index contributed by atoms with van der Waals surface area (Å²) in [5, 5.41) is 4.67. The van der Waals surface area contributed by atoms with E-state index in [4.69, 9.17) is 11.6 Å². The molecule has 4 rings (SSSR count). The molecule has 0 atom stereocenters. The summed E-state index contributed by atoms with van der Waals surface area (Å²) in [6.45, 7) is 5.72. The van der Waals surface area contributed by atoms with E-state index in [1.54, 1.807) is 17.8 Å². The molecule has 1 aromatic heterocycles. The van der Waals surface area contributed by atoms with Gasteiger partial charge in [-0.1, -0.05) is 60.1 Å². The van der Waals surface area contributed by atoms with Crippen LogP contribution in [0, 0.1) is 0 Å². The number of nitrogens with zero attached hydrogens (tertiary/aromatic N) is 5. The minimum atomic E-state index is -0.0390. The zero-order chi connectivity index (χ0) is 23.9. The fraction of sp³-hybridized carbons (Fsp3) is 0.346. The minimum absolute atomic E-state index is 0.00497. The third kappa shape index (κ3) is 6.24. The number of halogens is 1. The molecule has 0 spiro atoms. The highest BCUT2D eigenvalue weighted by molar-refractivity contribution is 6.30. The van der Waals surface area contributed by atoms with Crippen LogP contribution in [-0.2, 0) is 29.2 Å². The molecule has 2 heterocycles. The van der Waals surface area contributed by atoms with E-state index >= 15 is 0 Å². The topological polar surface area (TPSA) is 61.7 Å². The lowest BCUT2D eigenvalue weighted by Crippen LogP contribution is -2.40. The van der Waals surface area contributed by atoms with Crippen LogP contribution in [0.3, 0.4) is 0 Å². The summed E-state index contributed by atoms with van der Waals surface area (Å²) in [5.41, 5.74) is 3.06. The molecule has 1 aliphatic rings. The first kappa shape index (κ1) is 24.0. The Morgan fingerprint density at radius 1 is 0.971 bits per heavy atom. The predicted octanol–water partition coefficient (Wildman–Crippen LogP) is 3.82. The molecule has 8 heteroatoms. The van der Waals surface area contributed by atoms with Crippen LogP contribution in [-0.4, -0.2) is 57.6 Å². The first-order valence-corrected chi connectivity index (χ1v) is 12.0. The highest BCUT2D eigenvalue weighted by Gasteiger charge is 2.22. The summed E-state index contributed by atoms with van der Waals surface area (Å²) >= 11 is 5.99. The van der Waals surface area contributed by atoms with E-state index < -0.39 is 0 Å². The Balaban J connectivity index is 1.61. The van der Waals surface area contributed by atoms with Crippen LogP contribution in [0.2, 0.25) is 5.02 Å². The highest BCUT2D eigenvalue weighted by Crippen LogP contribution is 2.24. The van der Waals surface area contributed by atoms with Gasteiger partial charge in [0, 0.05) is 58.1 Å². The van der Waals surface area contributed by atoms with Crippen LogP contribution < -0.4 is 4.90 Å². The Labute approximate surface area is 205 Å². The summed E-state index contributed by atoms with van der Waals surface area (Å²) in [6, 6.07) is 18.2. The van der Waals surface area contributed by atoms with Crippen LogP contribution >= 0.6 is 11.6 Å². The molecule has 0 aliphatic carbocycles. The van der Waals surface area contributed by atoms with Gasteiger partial charge in [-0.3, -0.25) is 19.2 Å². The summed E-state index contributed by atoms with van der Waals surface area (Å²) in [7, 11) is 0. The van der Waals surface area contributed by atoms with Crippen LogP contribution in [0.25, 0.3) is 0 Å². The average molecular weight is 480 g/mol. The zero-order valence-electron chi connectivity index (χ0n) is 19.4. The Morgan fingerprint density at radius 3 is 2.47 bits per heavy atom. The van der Waals surface area contributed by atoms with Gasteiger partial charge >= 0.3 is 0 Å². The normalized spacial score (nSPS) is 15.5. The van der Waals surface area contributed by atoms with E-state index in [-0.39, 0.29) is 18.4 Å². The van der Waals surface area contributed by atoms with Crippen molar-refractivity contribution in [3.05, 3.63) is 83.1 Å². The number of anilines is 1. The molecule has 2 aromatic carbocycles. The number of rotatable bonds is 4. The fourth-order valence-electron chi connectivity index (χ4n) is 4.34. The molecule has 0 saturated heterocycles. The van der Waals surface area contributed by atoms with Crippen LogP contribution in [0.5, 0.6) is 0 Å². The number of amides is 2. The van der Waals surface area contributed by atoms with E-state index in [1.165, 1.54) is 11.8 Å². The SMILES string of the molecule is CC(=O)N1CCCN(Cc2ccccc2)CCN(C(=O)Cn2cc(Cl)cn2)Cc2ccccc21. The lowest BCUT2D eigenvalue weighted by molar-refractivity contribution is -0.133. The number of para-hydroxylation sites is 1. The van der Waals surface area contributed by atoms with Gasteiger partial charge in [0.15, 0.2) is 0 Å². The maximum Gasteiger partial charge on any atom is 0.244 e. The summed E-state index contributed by atoms with van der Waals surface area (Å²) in [6.07, 6.45) is 4.03. The molecule has 0 unspecified atom stereocenters. The molecule has 1 aliphatic heterocycles. The van der Waals surface area contributed by atoms with E-state index in [1.807, 2.05) is 52.3 Å². The second-order valence-electron chi connectivity index (χ2n) is 8.59. The Bertz CT molecular complexity index is 1120. The number of benzene rings is 2. The minimum Gasteiger partial charge on any atom is -0.335 e. The van der Waals surface area contributed by atoms with E-state index in [0.29, 0.717) is 24.7 Å². The molecule has 2 amide bonds. The van der Waals surface area contributed by atoms with Gasteiger partial charge in [-0.15, -0.1) is 0 Å². The van der Waals surface area contributed by atoms with Crippen molar-refractivity contribution in [3.8, 4) is 0 Å². The van der Waals surface area contributed by atoms with E-state index in [9.17, 15) is 9.59 Å². The number of aromatic nitrogens is 2. The number of carbonyl (C=O) groups excluding carboxylic acids is 2. The Hall–Kier alpha value is -3.16. The molecule has 0 N–H and O–H groups in total. The summed E-state index contributed by atoms with van der Waals surface area (Å²) < 4.78 is 1.56. The first-order chi connectivity index (χ1) is 16.5. The van der Waals surface area contributed by atoms with Gasteiger partial charge in [-0.25, -0.2) is 0 Å². The number of carbonyl (C=O) groups is 2. The van der Waals surface area contributed by atoms with Crippen molar-refractivity contribution in [1.29, 1.82) is 0 Å². The maximum absolute atomic E-state index is 13.3. The lowest BCUT2D eigenvalue weighted by atomic mass is 10.1. The molecular weight excluding hydrogens is 450 g/mol. The molecule has 178 valence electrons. The third-order valence-electron chi connectivity index (χ3n) is 6.07. The molecule has 7 nitrogen and oxygen atoms in total. The maximum atomic E-state index is 13.3. The molecule has 0 fully saturated rings. The van der Waals surface area contributed by atoms with Crippen LogP contribution in [0.15, 0.2) is 67.0 Å². The largest absolute Gasteiger partial charge is 0.335 e. The standard InChI is InChI=1S/C26H30ClN5O2/c1-21(33)32-13-7-12-29(17-22-8-3-2-4-9-22)14-15-30(18-23-10-5-6-11-25(23)32)26(34)20-31-19-24(27)16-28-31/h2-6,8-11,16,19H,7,12-15,17-18,20H2,1H3. The highest BCUT2D eigenvalue weighted by atomic mass is 35.5. The lowest BCUT2D eigenvalue weighted by Gasteiger charge is -2.28. The average Bonchev–Trinajstić information content (AvgIpc) is 3.22. The van der Waals surface area contributed by atoms with Crippen molar-refractivity contribution in [3.63, 3.8) is 0 Å². The van der Waals surface area contributed by atoms with Gasteiger partial charge in [-0.2, -0.15) is 5.10 Å². The van der Waals surface area contributed by atoms with Gasteiger partial charge in [0.05, 0.1) is 11.2 Å². The van der Waals surface area contributed by atoms with Crippen molar-refractivity contribution < 1.29 is 9.59 Å². The second-order valence-corrected chi connectivity index (χ2v) is 9.02. The number of hydrogen-bond donors (Lipinski definition) is 0. The molecule has 0 radical (unpaired) electrons. The second kappa shape index (κ2) is 11.3. The monoisotopic (exact) mass is 479 g/mol. The first-order valence-electron chi connectivity index (χ1n) is 11.6. The van der Waals surface area contributed by atoms with Crippen molar-refractivity contribution in [2.24, 2.45) is 0 Å². The fourth-order valence-corrected chi connectivity index (χ4v) is 4.50. The van der Waals surface area contributed by atoms with E-state index in [2.05, 4.69) is 22.1 Å². The Kier molecular flexibility index (Phi) is 7.98. The molecule has 0 saturated carbocycles. The van der Waals surface area contributed by atoms with Gasteiger partial charge in [-0.05, 0) is 23.6 Å². The van der Waals surface area contributed by atoms with Gasteiger partial charge in [0.2, 0.25) is 11.8 Å². The summed E-state index contributed by atoms with van der Waals surface area (Å²) in [4.78, 5) is 31.9. The van der Waals surface area contributed by atoms with Gasteiger partial charge in [0.25, 0.3) is 0 Å². The van der Waals surface area contributed by atoms with Crippen LogP contribution in [0.4, 0.5) is 5.69 Å². The van der Waals surface area contributed by atoms with Gasteiger partial charge < -0.3 is 9.80 Å². The van der Waals surface area contributed by atoms with Crippen LogP contribution in [0.1, 0.15) is 24.5 Å². The van der Waals surface area contributed by atoms with Crippen molar-refractivity contribution in [2.75, 3.05) is 31.1 Å². The zero-order valence-corrected chi connectivity index (χ0v) is 20.2. The quantitative estimate of drug-likeness (QED) is 0.570. The van der Waals surface area contributed by atoms with Crippen molar-refractivity contribution in [2.45, 2.75) is 33.0 Å². The molecule has 34 heavy (non-hydrogen) atoms. The molecule has 3 aromatic rings. The molecule has 0 bridgehead atoms. The predicted molar refractivity (Wildman–Crippen MR) is 133 cm³/mol. The van der Waals surface area contributed by atoms with Crippen molar-refractivity contribution >= 4 is 29.1 Å². The third-order valence-corrected chi connectivity index (χ3v) is 6.26. The van der Waals surface area contributed by atoms with Crippen molar-refractivity contribution in [1.82, 2.24) is 19.6 Å². The molecular formula is C26H30ClN5O2. The smallest absolute Gasteiger partial charge is 0.244 e. The summed E-state index contributed by atoms with van der Waals surface area (Å²) in [5.74, 6) is -0.0341. The Morgan fingerprint density at radius 2 is 1.74 bits per heavy atom. The van der Waals surface area contributed by atoms with Gasteiger partial charge in [0.1, 0.15) is 6.54 Å².